The summed E-state index contributed by atoms with van der Waals surface area (Å²) in [7, 11) is 3.26. The van der Waals surface area contributed by atoms with Crippen LogP contribution >= 0.6 is 0 Å². The normalized spacial score (nSPS) is 10.8. The molecule has 0 radical (unpaired) electrons. The predicted molar refractivity (Wildman–Crippen MR) is 110 cm³/mol. The van der Waals surface area contributed by atoms with Gasteiger partial charge in [0.05, 0.1) is 19.2 Å². The third-order valence-electron chi connectivity index (χ3n) is 4.60. The summed E-state index contributed by atoms with van der Waals surface area (Å²) in [6.07, 6.45) is 1.95. The van der Waals surface area contributed by atoms with Gasteiger partial charge in [-0.05, 0) is 30.2 Å². The Hall–Kier alpha value is -2.95. The van der Waals surface area contributed by atoms with Crippen molar-refractivity contribution in [1.82, 2.24) is 4.57 Å². The molecular formula is C22H26N2O3. The van der Waals surface area contributed by atoms with Gasteiger partial charge in [-0.25, -0.2) is 0 Å². The Balaban J connectivity index is 1.97. The zero-order chi connectivity index (χ0) is 19.2. The van der Waals surface area contributed by atoms with Crippen LogP contribution in [0.5, 0.6) is 11.5 Å². The van der Waals surface area contributed by atoms with Gasteiger partial charge < -0.3 is 19.4 Å². The zero-order valence-electron chi connectivity index (χ0n) is 16.1. The molecule has 5 heteroatoms. The van der Waals surface area contributed by atoms with Crippen molar-refractivity contribution in [2.24, 2.45) is 7.05 Å². The van der Waals surface area contributed by atoms with E-state index in [0.717, 1.165) is 36.0 Å². The maximum absolute atomic E-state index is 12.7. The minimum Gasteiger partial charge on any atom is -0.489 e. The van der Waals surface area contributed by atoms with Crippen molar-refractivity contribution in [3.8, 4) is 11.5 Å². The fraction of sp³-hybridized carbons (Fsp3) is 0.318. The summed E-state index contributed by atoms with van der Waals surface area (Å²) >= 11 is 0. The van der Waals surface area contributed by atoms with Crippen LogP contribution in [0.25, 0.3) is 10.9 Å². The van der Waals surface area contributed by atoms with E-state index < -0.39 is 0 Å². The molecule has 0 amide bonds. The molecule has 1 aromatic heterocycles. The molecule has 1 N–H and O–H groups in total. The second kappa shape index (κ2) is 8.62. The van der Waals surface area contributed by atoms with Crippen molar-refractivity contribution in [2.75, 3.05) is 19.0 Å². The van der Waals surface area contributed by atoms with Gasteiger partial charge in [-0.1, -0.05) is 43.7 Å². The van der Waals surface area contributed by atoms with E-state index in [4.69, 9.17) is 9.47 Å². The second-order valence-corrected chi connectivity index (χ2v) is 6.50. The Morgan fingerprint density at radius 2 is 1.85 bits per heavy atom. The number of hydrogen-bond acceptors (Lipinski definition) is 4. The van der Waals surface area contributed by atoms with Crippen molar-refractivity contribution < 1.29 is 9.47 Å². The van der Waals surface area contributed by atoms with Gasteiger partial charge in [-0.15, -0.1) is 0 Å². The monoisotopic (exact) mass is 366 g/mol. The molecule has 3 aromatic rings. The summed E-state index contributed by atoms with van der Waals surface area (Å²) in [4.78, 5) is 12.7. The summed E-state index contributed by atoms with van der Waals surface area (Å²) in [5.41, 5.74) is 2.76. The van der Waals surface area contributed by atoms with Crippen molar-refractivity contribution in [3.63, 3.8) is 0 Å². The molecule has 2 aromatic carbocycles. The summed E-state index contributed by atoms with van der Waals surface area (Å²) in [6, 6.07) is 16.2. The quantitative estimate of drug-likeness (QED) is 0.603. The first-order chi connectivity index (χ1) is 13.2. The number of nitrogens with zero attached hydrogens (tertiary/aromatic N) is 1. The fourth-order valence-corrected chi connectivity index (χ4v) is 3.03. The molecule has 0 saturated heterocycles. The number of nitrogens with one attached hydrogen (secondary N) is 1. The van der Waals surface area contributed by atoms with E-state index in [-0.39, 0.29) is 11.3 Å². The van der Waals surface area contributed by atoms with Crippen LogP contribution in [0.3, 0.4) is 0 Å². The van der Waals surface area contributed by atoms with Crippen LogP contribution in [-0.4, -0.2) is 18.3 Å². The predicted octanol–water partition coefficient (Wildman–Crippen LogP) is 4.34. The third kappa shape index (κ3) is 4.08. The SMILES string of the molecule is CCCCOc1c(OC)c(=O)n(C)c2cc(NCc3ccccc3)ccc12. The lowest BCUT2D eigenvalue weighted by Crippen LogP contribution is -2.20. The molecule has 142 valence electrons. The first-order valence-corrected chi connectivity index (χ1v) is 9.27. The van der Waals surface area contributed by atoms with Crippen molar-refractivity contribution in [2.45, 2.75) is 26.3 Å². The van der Waals surface area contributed by atoms with E-state index in [1.807, 2.05) is 36.4 Å². The highest BCUT2D eigenvalue weighted by Gasteiger charge is 2.17. The number of ether oxygens (including phenoxy) is 2. The third-order valence-corrected chi connectivity index (χ3v) is 4.60. The van der Waals surface area contributed by atoms with Crippen LogP contribution in [0.1, 0.15) is 25.3 Å². The van der Waals surface area contributed by atoms with Gasteiger partial charge in [0.1, 0.15) is 0 Å². The van der Waals surface area contributed by atoms with Crippen molar-refractivity contribution in [1.29, 1.82) is 0 Å². The number of pyridine rings is 1. The second-order valence-electron chi connectivity index (χ2n) is 6.50. The molecule has 27 heavy (non-hydrogen) atoms. The van der Waals surface area contributed by atoms with Crippen LogP contribution in [0.2, 0.25) is 0 Å². The Labute approximate surface area is 159 Å². The zero-order valence-corrected chi connectivity index (χ0v) is 16.1. The molecule has 3 rings (SSSR count). The first kappa shape index (κ1) is 18.8. The minimum atomic E-state index is -0.197. The largest absolute Gasteiger partial charge is 0.489 e. The number of rotatable bonds is 8. The first-order valence-electron chi connectivity index (χ1n) is 9.27. The van der Waals surface area contributed by atoms with Crippen LogP contribution in [0, 0.1) is 0 Å². The van der Waals surface area contributed by atoms with Crippen LogP contribution < -0.4 is 20.3 Å². The molecular weight excluding hydrogens is 340 g/mol. The average Bonchev–Trinajstić information content (AvgIpc) is 2.71. The van der Waals surface area contributed by atoms with E-state index in [9.17, 15) is 4.79 Å². The number of hydrogen-bond donors (Lipinski definition) is 1. The van der Waals surface area contributed by atoms with Gasteiger partial charge >= 0.3 is 0 Å². The lowest BCUT2D eigenvalue weighted by atomic mass is 10.1. The maximum atomic E-state index is 12.7. The number of benzene rings is 2. The summed E-state index contributed by atoms with van der Waals surface area (Å²) in [5, 5.41) is 4.28. The summed E-state index contributed by atoms with van der Waals surface area (Å²) in [6.45, 7) is 3.38. The summed E-state index contributed by atoms with van der Waals surface area (Å²) in [5.74, 6) is 0.782. The maximum Gasteiger partial charge on any atom is 0.297 e. The van der Waals surface area contributed by atoms with E-state index >= 15 is 0 Å². The molecule has 0 unspecified atom stereocenters. The molecule has 1 heterocycles. The van der Waals surface area contributed by atoms with Gasteiger partial charge in [0.2, 0.25) is 5.75 Å². The average molecular weight is 366 g/mol. The molecule has 0 spiro atoms. The van der Waals surface area contributed by atoms with E-state index in [2.05, 4.69) is 24.4 Å². The van der Waals surface area contributed by atoms with Crippen molar-refractivity contribution >= 4 is 16.6 Å². The minimum absolute atomic E-state index is 0.197. The van der Waals surface area contributed by atoms with Gasteiger partial charge in [-0.3, -0.25) is 4.79 Å². The number of aromatic nitrogens is 1. The highest BCUT2D eigenvalue weighted by atomic mass is 16.5. The molecule has 0 aliphatic carbocycles. The fourth-order valence-electron chi connectivity index (χ4n) is 3.03. The summed E-state index contributed by atoms with van der Waals surface area (Å²) < 4.78 is 12.9. The lowest BCUT2D eigenvalue weighted by Gasteiger charge is -2.16. The van der Waals surface area contributed by atoms with Crippen LogP contribution in [-0.2, 0) is 13.6 Å². The number of aryl methyl sites for hydroxylation is 1. The number of methoxy groups -OCH3 is 1. The van der Waals surface area contributed by atoms with Crippen molar-refractivity contribution in [3.05, 3.63) is 64.4 Å². The molecule has 0 aliphatic rings. The smallest absolute Gasteiger partial charge is 0.297 e. The van der Waals surface area contributed by atoms with Gasteiger partial charge in [0.15, 0.2) is 5.75 Å². The molecule has 0 fully saturated rings. The highest BCUT2D eigenvalue weighted by Crippen LogP contribution is 2.34. The Morgan fingerprint density at radius 1 is 1.07 bits per heavy atom. The van der Waals surface area contributed by atoms with Crippen LogP contribution in [0.15, 0.2) is 53.3 Å². The number of fused-ring (bicyclic) bond motifs is 1. The van der Waals surface area contributed by atoms with Crippen LogP contribution in [0.4, 0.5) is 5.69 Å². The molecule has 0 atom stereocenters. The highest BCUT2D eigenvalue weighted by molar-refractivity contribution is 5.90. The Kier molecular flexibility index (Phi) is 6.01. The molecule has 0 aliphatic heterocycles. The lowest BCUT2D eigenvalue weighted by molar-refractivity contribution is 0.289. The van der Waals surface area contributed by atoms with Gasteiger partial charge in [0.25, 0.3) is 5.56 Å². The molecule has 0 bridgehead atoms. The Bertz CT molecular complexity index is 965. The van der Waals surface area contributed by atoms with E-state index in [1.165, 1.54) is 12.7 Å². The molecule has 5 nitrogen and oxygen atoms in total. The molecule has 0 saturated carbocycles. The topological polar surface area (TPSA) is 52.5 Å². The van der Waals surface area contributed by atoms with E-state index in [1.54, 1.807) is 11.6 Å². The Morgan fingerprint density at radius 3 is 2.56 bits per heavy atom. The standard InChI is InChI=1S/C22H26N2O3/c1-4-5-13-27-20-18-12-11-17(23-15-16-9-7-6-8-10-16)14-19(18)24(2)22(25)21(20)26-3/h6-12,14,23H,4-5,13,15H2,1-3H3. The number of anilines is 1. The number of unbranched alkanes of at least 4 members (excludes halogenated alkanes) is 1. The van der Waals surface area contributed by atoms with Gasteiger partial charge in [0, 0.05) is 24.7 Å². The van der Waals surface area contributed by atoms with Gasteiger partial charge in [-0.2, -0.15) is 0 Å². The van der Waals surface area contributed by atoms with E-state index in [0.29, 0.717) is 12.4 Å².